The minimum atomic E-state index is -3.61. The van der Waals surface area contributed by atoms with Crippen molar-refractivity contribution in [3.63, 3.8) is 0 Å². The van der Waals surface area contributed by atoms with Gasteiger partial charge in [0.15, 0.2) is 5.78 Å². The summed E-state index contributed by atoms with van der Waals surface area (Å²) in [5.74, 6) is -0.125. The Kier molecular flexibility index (Phi) is 4.73. The quantitative estimate of drug-likeness (QED) is 0.906. The molecule has 0 radical (unpaired) electrons. The summed E-state index contributed by atoms with van der Waals surface area (Å²) in [6, 6.07) is 6.56. The zero-order chi connectivity index (χ0) is 14.6. The molecule has 0 spiro atoms. The smallest absolute Gasteiger partial charge is 0.240 e. The molecule has 0 aliphatic heterocycles. The van der Waals surface area contributed by atoms with E-state index in [1.807, 2.05) is 13.0 Å². The van der Waals surface area contributed by atoms with E-state index in [9.17, 15) is 13.2 Å². The molecule has 0 bridgehead atoms. The average molecular weight is 293 g/mol. The number of carbonyl (C=O) groups is 1. The predicted molar refractivity (Wildman–Crippen MR) is 77.9 cm³/mol. The van der Waals surface area contributed by atoms with Gasteiger partial charge in [0.2, 0.25) is 10.0 Å². The molecule has 0 heterocycles. The van der Waals surface area contributed by atoms with E-state index in [4.69, 9.17) is 0 Å². The molecule has 0 saturated heterocycles. The van der Waals surface area contributed by atoms with Crippen LogP contribution in [0.3, 0.4) is 0 Å². The van der Waals surface area contributed by atoms with Gasteiger partial charge in [0.05, 0.1) is 11.4 Å². The van der Waals surface area contributed by atoms with Gasteiger partial charge in [0.1, 0.15) is 0 Å². The van der Waals surface area contributed by atoms with Gasteiger partial charge in [-0.15, -0.1) is 0 Å². The molecule has 0 atom stereocenters. The number of Topliss-reactive ketones (excluding diaryl/α,β-unsaturated/α-hetero) is 1. The van der Waals surface area contributed by atoms with E-state index in [1.54, 1.807) is 24.3 Å². The summed E-state index contributed by atoms with van der Waals surface area (Å²) < 4.78 is 26.5. The van der Waals surface area contributed by atoms with Gasteiger partial charge >= 0.3 is 0 Å². The monoisotopic (exact) mass is 293 g/mol. The van der Waals surface area contributed by atoms with E-state index >= 15 is 0 Å². The minimum Gasteiger partial charge on any atom is -0.293 e. The fourth-order valence-corrected chi connectivity index (χ4v) is 3.15. The van der Waals surface area contributed by atoms with E-state index in [0.29, 0.717) is 0 Å². The van der Waals surface area contributed by atoms with Crippen LogP contribution in [0.4, 0.5) is 0 Å². The number of sulfonamides is 1. The predicted octanol–water partition coefficient (Wildman–Crippen LogP) is 2.34. The summed E-state index contributed by atoms with van der Waals surface area (Å²) in [7, 11) is -3.61. The molecule has 1 aliphatic rings. The Morgan fingerprint density at radius 1 is 1.20 bits per heavy atom. The third-order valence-corrected chi connectivity index (χ3v) is 4.82. The normalized spacial score (nSPS) is 15.8. The topological polar surface area (TPSA) is 63.2 Å². The molecule has 1 aromatic rings. The first-order chi connectivity index (χ1) is 9.49. The van der Waals surface area contributed by atoms with Crippen molar-refractivity contribution in [2.75, 3.05) is 6.54 Å². The molecule has 0 saturated carbocycles. The molecule has 1 aromatic carbocycles. The molecule has 1 N–H and O–H groups in total. The SMILES string of the molecule is Cc1ccc(S(=O)(=O)NCC(=O)C2=CCCCC2)cc1. The summed E-state index contributed by atoms with van der Waals surface area (Å²) in [5, 5.41) is 0. The third-order valence-electron chi connectivity index (χ3n) is 3.40. The molecule has 1 aliphatic carbocycles. The second kappa shape index (κ2) is 6.33. The molecule has 20 heavy (non-hydrogen) atoms. The molecule has 2 rings (SSSR count). The minimum absolute atomic E-state index is 0.125. The number of hydrogen-bond donors (Lipinski definition) is 1. The first-order valence-corrected chi connectivity index (χ1v) is 8.26. The van der Waals surface area contributed by atoms with Crippen LogP contribution in [0.25, 0.3) is 0 Å². The van der Waals surface area contributed by atoms with E-state index in [1.165, 1.54) is 0 Å². The first-order valence-electron chi connectivity index (χ1n) is 6.77. The van der Waals surface area contributed by atoms with Gasteiger partial charge < -0.3 is 0 Å². The van der Waals surface area contributed by atoms with Gasteiger partial charge in [-0.05, 0) is 50.3 Å². The van der Waals surface area contributed by atoms with E-state index < -0.39 is 10.0 Å². The molecule has 5 heteroatoms. The van der Waals surface area contributed by atoms with Crippen molar-refractivity contribution in [2.24, 2.45) is 0 Å². The van der Waals surface area contributed by atoms with Crippen molar-refractivity contribution in [3.8, 4) is 0 Å². The number of benzene rings is 1. The second-order valence-corrected chi connectivity index (χ2v) is 6.80. The lowest BCUT2D eigenvalue weighted by Gasteiger charge is -2.12. The van der Waals surface area contributed by atoms with Gasteiger partial charge in [-0.3, -0.25) is 4.79 Å². The molecule has 0 amide bonds. The Morgan fingerprint density at radius 2 is 1.90 bits per heavy atom. The van der Waals surface area contributed by atoms with Crippen LogP contribution in [0, 0.1) is 6.92 Å². The van der Waals surface area contributed by atoms with Crippen LogP contribution >= 0.6 is 0 Å². The first kappa shape index (κ1) is 14.9. The van der Waals surface area contributed by atoms with E-state index in [-0.39, 0.29) is 17.2 Å². The Labute approximate surface area is 119 Å². The summed E-state index contributed by atoms with van der Waals surface area (Å²) >= 11 is 0. The fraction of sp³-hybridized carbons (Fsp3) is 0.400. The van der Waals surface area contributed by atoms with Crippen LogP contribution in [-0.4, -0.2) is 20.7 Å². The largest absolute Gasteiger partial charge is 0.293 e. The fourth-order valence-electron chi connectivity index (χ4n) is 2.17. The molecule has 0 unspecified atom stereocenters. The maximum Gasteiger partial charge on any atom is 0.240 e. The molecule has 0 aromatic heterocycles. The average Bonchev–Trinajstić information content (AvgIpc) is 2.46. The zero-order valence-electron chi connectivity index (χ0n) is 11.6. The maximum absolute atomic E-state index is 12.0. The van der Waals surface area contributed by atoms with Crippen LogP contribution in [-0.2, 0) is 14.8 Å². The van der Waals surface area contributed by atoms with Crippen molar-refractivity contribution in [1.82, 2.24) is 4.72 Å². The molecule has 4 nitrogen and oxygen atoms in total. The van der Waals surface area contributed by atoms with Crippen LogP contribution in [0.1, 0.15) is 31.2 Å². The number of nitrogens with one attached hydrogen (secondary N) is 1. The summed E-state index contributed by atoms with van der Waals surface area (Å²) in [6.45, 7) is 1.73. The summed E-state index contributed by atoms with van der Waals surface area (Å²) in [4.78, 5) is 12.1. The van der Waals surface area contributed by atoms with Crippen molar-refractivity contribution in [1.29, 1.82) is 0 Å². The van der Waals surface area contributed by atoms with Crippen molar-refractivity contribution in [3.05, 3.63) is 41.5 Å². The standard InChI is InChI=1S/C15H19NO3S/c1-12-7-9-14(10-8-12)20(18,19)16-11-15(17)13-5-3-2-4-6-13/h5,7-10,16H,2-4,6,11H2,1H3. The van der Waals surface area contributed by atoms with Gasteiger partial charge in [-0.2, -0.15) is 0 Å². The molecule has 108 valence electrons. The third kappa shape index (κ3) is 3.77. The highest BCUT2D eigenvalue weighted by atomic mass is 32.2. The Bertz CT molecular complexity index is 615. The second-order valence-electron chi connectivity index (χ2n) is 5.04. The number of carbonyl (C=O) groups excluding carboxylic acids is 1. The lowest BCUT2D eigenvalue weighted by atomic mass is 9.96. The lowest BCUT2D eigenvalue weighted by molar-refractivity contribution is -0.114. The highest BCUT2D eigenvalue weighted by Gasteiger charge is 2.17. The maximum atomic E-state index is 12.0. The number of aryl methyl sites for hydroxylation is 1. The summed E-state index contributed by atoms with van der Waals surface area (Å²) in [5.41, 5.74) is 1.75. The van der Waals surface area contributed by atoms with Crippen LogP contribution < -0.4 is 4.72 Å². The number of allylic oxidation sites excluding steroid dienone is 1. The van der Waals surface area contributed by atoms with Crippen molar-refractivity contribution in [2.45, 2.75) is 37.5 Å². The number of ketones is 1. The summed E-state index contributed by atoms with van der Waals surface area (Å²) in [6.07, 6.45) is 5.69. The number of hydrogen-bond acceptors (Lipinski definition) is 3. The highest BCUT2D eigenvalue weighted by molar-refractivity contribution is 7.89. The van der Waals surface area contributed by atoms with Crippen molar-refractivity contribution >= 4 is 15.8 Å². The lowest BCUT2D eigenvalue weighted by Crippen LogP contribution is -2.30. The Morgan fingerprint density at radius 3 is 2.50 bits per heavy atom. The highest BCUT2D eigenvalue weighted by Crippen LogP contribution is 2.18. The zero-order valence-corrected chi connectivity index (χ0v) is 12.4. The Balaban J connectivity index is 2.00. The van der Waals surface area contributed by atoms with Crippen LogP contribution in [0.2, 0.25) is 0 Å². The van der Waals surface area contributed by atoms with Gasteiger partial charge in [-0.25, -0.2) is 13.1 Å². The van der Waals surface area contributed by atoms with Crippen LogP contribution in [0.15, 0.2) is 40.8 Å². The van der Waals surface area contributed by atoms with Crippen molar-refractivity contribution < 1.29 is 13.2 Å². The molecular weight excluding hydrogens is 274 g/mol. The van der Waals surface area contributed by atoms with Gasteiger partial charge in [-0.1, -0.05) is 23.8 Å². The number of rotatable bonds is 5. The van der Waals surface area contributed by atoms with E-state index in [0.717, 1.165) is 36.8 Å². The van der Waals surface area contributed by atoms with E-state index in [2.05, 4.69) is 4.72 Å². The van der Waals surface area contributed by atoms with Gasteiger partial charge in [0, 0.05) is 0 Å². The van der Waals surface area contributed by atoms with Crippen LogP contribution in [0.5, 0.6) is 0 Å². The Hall–Kier alpha value is -1.46. The van der Waals surface area contributed by atoms with Gasteiger partial charge in [0.25, 0.3) is 0 Å². The molecular formula is C15H19NO3S. The molecule has 0 fully saturated rings.